The molecular weight excluding hydrogens is 188 g/mol. The topological polar surface area (TPSA) is 55.1 Å². The molecule has 3 N–H and O–H groups in total. The Kier molecular flexibility index (Phi) is 3.29. The lowest BCUT2D eigenvalue weighted by atomic mass is 10.0. The molecule has 2 aliphatic rings. The monoisotopic (exact) mass is 210 g/mol. The van der Waals surface area contributed by atoms with E-state index in [0.717, 1.165) is 37.5 Å². The Morgan fingerprint density at radius 1 is 1.40 bits per heavy atom. The SMILES string of the molecule is CCCC(CN)NC(=O)C1CC2CC2C1. The number of hydrogen-bond donors (Lipinski definition) is 2. The van der Waals surface area contributed by atoms with E-state index in [9.17, 15) is 4.79 Å². The molecule has 3 heteroatoms. The summed E-state index contributed by atoms with van der Waals surface area (Å²) in [7, 11) is 0. The maximum Gasteiger partial charge on any atom is 0.223 e. The van der Waals surface area contributed by atoms with Crippen molar-refractivity contribution in [3.63, 3.8) is 0 Å². The van der Waals surface area contributed by atoms with Gasteiger partial charge in [0, 0.05) is 18.5 Å². The minimum atomic E-state index is 0.194. The molecule has 0 aliphatic heterocycles. The molecule has 0 radical (unpaired) electrons. The fourth-order valence-electron chi connectivity index (χ4n) is 2.85. The number of carbonyl (C=O) groups excluding carboxylic acids is 1. The van der Waals surface area contributed by atoms with E-state index in [0.29, 0.717) is 12.5 Å². The first kappa shape index (κ1) is 10.9. The van der Waals surface area contributed by atoms with Crippen LogP contribution in [-0.4, -0.2) is 18.5 Å². The molecule has 0 aromatic carbocycles. The average molecular weight is 210 g/mol. The van der Waals surface area contributed by atoms with Crippen LogP contribution < -0.4 is 11.1 Å². The summed E-state index contributed by atoms with van der Waals surface area (Å²) in [5, 5.41) is 3.09. The van der Waals surface area contributed by atoms with Crippen LogP contribution in [0, 0.1) is 17.8 Å². The van der Waals surface area contributed by atoms with Gasteiger partial charge in [0.05, 0.1) is 0 Å². The van der Waals surface area contributed by atoms with Gasteiger partial charge in [-0.15, -0.1) is 0 Å². The van der Waals surface area contributed by atoms with Gasteiger partial charge in [-0.25, -0.2) is 0 Å². The highest BCUT2D eigenvalue weighted by atomic mass is 16.1. The van der Waals surface area contributed by atoms with Gasteiger partial charge in [-0.2, -0.15) is 0 Å². The highest BCUT2D eigenvalue weighted by molar-refractivity contribution is 5.79. The summed E-state index contributed by atoms with van der Waals surface area (Å²) in [6, 6.07) is 0.194. The number of rotatable bonds is 5. The molecule has 0 saturated heterocycles. The first-order chi connectivity index (χ1) is 7.24. The minimum absolute atomic E-state index is 0.194. The van der Waals surface area contributed by atoms with E-state index in [1.54, 1.807) is 0 Å². The Hall–Kier alpha value is -0.570. The molecule has 0 aromatic heterocycles. The number of nitrogens with one attached hydrogen (secondary N) is 1. The minimum Gasteiger partial charge on any atom is -0.352 e. The fourth-order valence-corrected chi connectivity index (χ4v) is 2.85. The summed E-state index contributed by atoms with van der Waals surface area (Å²) in [6.07, 6.45) is 5.71. The molecule has 86 valence electrons. The van der Waals surface area contributed by atoms with Crippen molar-refractivity contribution in [2.24, 2.45) is 23.5 Å². The molecule has 0 bridgehead atoms. The third kappa shape index (κ3) is 2.51. The van der Waals surface area contributed by atoms with Crippen LogP contribution in [0.4, 0.5) is 0 Å². The van der Waals surface area contributed by atoms with Gasteiger partial charge < -0.3 is 11.1 Å². The normalized spacial score (nSPS) is 34.7. The van der Waals surface area contributed by atoms with Crippen molar-refractivity contribution in [1.29, 1.82) is 0 Å². The summed E-state index contributed by atoms with van der Waals surface area (Å²) in [5.41, 5.74) is 5.63. The lowest BCUT2D eigenvalue weighted by Gasteiger charge is -2.19. The summed E-state index contributed by atoms with van der Waals surface area (Å²) in [4.78, 5) is 11.9. The lowest BCUT2D eigenvalue weighted by molar-refractivity contribution is -0.125. The second kappa shape index (κ2) is 4.52. The third-order valence-corrected chi connectivity index (χ3v) is 3.88. The smallest absolute Gasteiger partial charge is 0.223 e. The van der Waals surface area contributed by atoms with Gasteiger partial charge in [0.25, 0.3) is 0 Å². The summed E-state index contributed by atoms with van der Waals surface area (Å²) < 4.78 is 0. The molecule has 3 unspecified atom stereocenters. The molecule has 3 atom stereocenters. The van der Waals surface area contributed by atoms with Crippen molar-refractivity contribution in [3.05, 3.63) is 0 Å². The predicted octanol–water partition coefficient (Wildman–Crippen LogP) is 1.28. The number of carbonyl (C=O) groups is 1. The molecule has 0 aromatic rings. The van der Waals surface area contributed by atoms with Crippen LogP contribution in [0.15, 0.2) is 0 Å². The van der Waals surface area contributed by atoms with Crippen LogP contribution in [0.1, 0.15) is 39.0 Å². The Morgan fingerprint density at radius 2 is 2.07 bits per heavy atom. The van der Waals surface area contributed by atoms with Crippen LogP contribution in [0.25, 0.3) is 0 Å². The molecule has 2 aliphatic carbocycles. The first-order valence-corrected chi connectivity index (χ1v) is 6.25. The second-order valence-electron chi connectivity index (χ2n) is 5.15. The van der Waals surface area contributed by atoms with E-state index < -0.39 is 0 Å². The Balaban J connectivity index is 1.75. The number of hydrogen-bond acceptors (Lipinski definition) is 2. The van der Waals surface area contributed by atoms with E-state index in [4.69, 9.17) is 5.73 Å². The second-order valence-corrected chi connectivity index (χ2v) is 5.15. The summed E-state index contributed by atoms with van der Waals surface area (Å²) in [5.74, 6) is 2.30. The van der Waals surface area contributed by atoms with Gasteiger partial charge in [-0.1, -0.05) is 13.3 Å². The van der Waals surface area contributed by atoms with Crippen molar-refractivity contribution in [1.82, 2.24) is 5.32 Å². The Labute approximate surface area is 91.8 Å². The predicted molar refractivity (Wildman–Crippen MR) is 60.2 cm³/mol. The molecule has 15 heavy (non-hydrogen) atoms. The van der Waals surface area contributed by atoms with E-state index in [1.807, 2.05) is 0 Å². The van der Waals surface area contributed by atoms with Gasteiger partial charge >= 0.3 is 0 Å². The van der Waals surface area contributed by atoms with Crippen LogP contribution in [0.3, 0.4) is 0 Å². The number of amides is 1. The molecule has 3 nitrogen and oxygen atoms in total. The highest BCUT2D eigenvalue weighted by Crippen LogP contribution is 2.54. The standard InChI is InChI=1S/C12H22N2O/c1-2-3-11(7-13)14-12(15)10-5-8-4-9(8)6-10/h8-11H,2-7,13H2,1H3,(H,14,15). The molecule has 2 saturated carbocycles. The summed E-state index contributed by atoms with van der Waals surface area (Å²) in [6.45, 7) is 2.69. The summed E-state index contributed by atoms with van der Waals surface area (Å²) >= 11 is 0. The van der Waals surface area contributed by atoms with Crippen LogP contribution >= 0.6 is 0 Å². The van der Waals surface area contributed by atoms with Gasteiger partial charge in [0.1, 0.15) is 0 Å². The Bertz CT molecular complexity index is 232. The fraction of sp³-hybridized carbons (Fsp3) is 0.917. The van der Waals surface area contributed by atoms with Crippen LogP contribution in [0.5, 0.6) is 0 Å². The van der Waals surface area contributed by atoms with Crippen LogP contribution in [-0.2, 0) is 4.79 Å². The van der Waals surface area contributed by atoms with Crippen molar-refractivity contribution < 1.29 is 4.79 Å². The zero-order valence-corrected chi connectivity index (χ0v) is 9.54. The molecule has 0 heterocycles. The van der Waals surface area contributed by atoms with E-state index in [-0.39, 0.29) is 11.9 Å². The van der Waals surface area contributed by atoms with Gasteiger partial charge in [-0.3, -0.25) is 4.79 Å². The third-order valence-electron chi connectivity index (χ3n) is 3.88. The van der Waals surface area contributed by atoms with Crippen LogP contribution in [0.2, 0.25) is 0 Å². The molecule has 2 rings (SSSR count). The van der Waals surface area contributed by atoms with Crippen molar-refractivity contribution in [2.75, 3.05) is 6.54 Å². The first-order valence-electron chi connectivity index (χ1n) is 6.25. The Morgan fingerprint density at radius 3 is 2.60 bits per heavy atom. The maximum absolute atomic E-state index is 11.9. The van der Waals surface area contributed by atoms with E-state index >= 15 is 0 Å². The van der Waals surface area contributed by atoms with Crippen molar-refractivity contribution in [3.8, 4) is 0 Å². The van der Waals surface area contributed by atoms with Gasteiger partial charge in [-0.05, 0) is 37.5 Å². The molecule has 0 spiro atoms. The largest absolute Gasteiger partial charge is 0.352 e. The highest BCUT2D eigenvalue weighted by Gasteiger charge is 2.48. The lowest BCUT2D eigenvalue weighted by Crippen LogP contribution is -2.42. The van der Waals surface area contributed by atoms with E-state index in [2.05, 4.69) is 12.2 Å². The number of nitrogens with two attached hydrogens (primary N) is 1. The zero-order chi connectivity index (χ0) is 10.8. The number of fused-ring (bicyclic) bond motifs is 1. The van der Waals surface area contributed by atoms with Crippen molar-refractivity contribution >= 4 is 5.91 Å². The van der Waals surface area contributed by atoms with Crippen molar-refractivity contribution in [2.45, 2.75) is 45.1 Å². The zero-order valence-electron chi connectivity index (χ0n) is 9.54. The van der Waals surface area contributed by atoms with E-state index in [1.165, 1.54) is 6.42 Å². The maximum atomic E-state index is 11.9. The average Bonchev–Trinajstić information content (AvgIpc) is 2.85. The molecule has 1 amide bonds. The van der Waals surface area contributed by atoms with Gasteiger partial charge in [0.15, 0.2) is 0 Å². The molecule has 2 fully saturated rings. The molecular formula is C12H22N2O. The van der Waals surface area contributed by atoms with Gasteiger partial charge in [0.2, 0.25) is 5.91 Å². The quantitative estimate of drug-likeness (QED) is 0.718.